The molecule has 0 aliphatic carbocycles. The SMILES string of the molecule is Cc1nc2c(C(=O)S)cnn2c(NCc2ccccc2)c1C#N. The van der Waals surface area contributed by atoms with Crippen molar-refractivity contribution in [1.82, 2.24) is 14.6 Å². The molecule has 0 fully saturated rings. The van der Waals surface area contributed by atoms with Crippen LogP contribution in [0.4, 0.5) is 5.82 Å². The quantitative estimate of drug-likeness (QED) is 0.721. The van der Waals surface area contributed by atoms with E-state index in [-0.39, 0.29) is 0 Å². The van der Waals surface area contributed by atoms with Crippen molar-refractivity contribution in [2.75, 3.05) is 5.32 Å². The van der Waals surface area contributed by atoms with Gasteiger partial charge in [0.1, 0.15) is 17.5 Å². The summed E-state index contributed by atoms with van der Waals surface area (Å²) >= 11 is 3.84. The average molecular weight is 323 g/mol. The van der Waals surface area contributed by atoms with Gasteiger partial charge >= 0.3 is 0 Å². The molecule has 0 bridgehead atoms. The van der Waals surface area contributed by atoms with Gasteiger partial charge in [-0.2, -0.15) is 14.9 Å². The maximum absolute atomic E-state index is 11.6. The fourth-order valence-electron chi connectivity index (χ4n) is 2.33. The van der Waals surface area contributed by atoms with Crippen LogP contribution in [0.25, 0.3) is 5.65 Å². The first kappa shape index (κ1) is 15.1. The van der Waals surface area contributed by atoms with E-state index in [4.69, 9.17) is 0 Å². The van der Waals surface area contributed by atoms with Gasteiger partial charge < -0.3 is 5.32 Å². The standard InChI is InChI=1S/C16H13N5OS/c1-10-12(7-17)14(18-8-11-5-3-2-4-6-11)21-15(20-10)13(9-19-21)16(22)23/h2-6,9,18H,8H2,1H3,(H,22,23). The van der Waals surface area contributed by atoms with Gasteiger partial charge in [0.2, 0.25) is 5.12 Å². The lowest BCUT2D eigenvalue weighted by atomic mass is 10.2. The number of aryl methyl sites for hydroxylation is 1. The van der Waals surface area contributed by atoms with Crippen molar-refractivity contribution in [2.24, 2.45) is 0 Å². The van der Waals surface area contributed by atoms with Crippen LogP contribution in [0.1, 0.15) is 27.2 Å². The van der Waals surface area contributed by atoms with Crippen LogP contribution in [0.5, 0.6) is 0 Å². The predicted octanol–water partition coefficient (Wildman–Crippen LogP) is 2.59. The molecule has 0 aliphatic heterocycles. The molecule has 0 spiro atoms. The molecule has 23 heavy (non-hydrogen) atoms. The Bertz CT molecular complexity index is 927. The summed E-state index contributed by atoms with van der Waals surface area (Å²) in [5.74, 6) is 0.514. The molecular weight excluding hydrogens is 310 g/mol. The van der Waals surface area contributed by atoms with Crippen LogP contribution in [0.2, 0.25) is 0 Å². The second-order valence-corrected chi connectivity index (χ2v) is 5.38. The first-order valence-corrected chi connectivity index (χ1v) is 7.36. The van der Waals surface area contributed by atoms with Gasteiger partial charge in [-0.15, -0.1) is 12.6 Å². The second kappa shape index (κ2) is 6.10. The number of nitrogens with zero attached hydrogens (tertiary/aromatic N) is 4. The summed E-state index contributed by atoms with van der Waals surface area (Å²) in [6.45, 7) is 2.25. The Morgan fingerprint density at radius 2 is 2.13 bits per heavy atom. The van der Waals surface area contributed by atoms with Gasteiger partial charge in [-0.25, -0.2) is 4.98 Å². The van der Waals surface area contributed by atoms with Gasteiger partial charge in [-0.3, -0.25) is 4.79 Å². The molecule has 2 heterocycles. The summed E-state index contributed by atoms with van der Waals surface area (Å²) in [5.41, 5.74) is 2.69. The van der Waals surface area contributed by atoms with Crippen molar-refractivity contribution < 1.29 is 4.79 Å². The molecule has 2 aromatic heterocycles. The zero-order chi connectivity index (χ0) is 16.4. The Morgan fingerprint density at radius 3 is 2.78 bits per heavy atom. The third-order valence-corrected chi connectivity index (χ3v) is 3.71. The van der Waals surface area contributed by atoms with E-state index in [0.717, 1.165) is 5.56 Å². The molecule has 0 unspecified atom stereocenters. The van der Waals surface area contributed by atoms with Crippen molar-refractivity contribution in [2.45, 2.75) is 13.5 Å². The Balaban J connectivity index is 2.10. The van der Waals surface area contributed by atoms with Crippen LogP contribution in [0.15, 0.2) is 36.5 Å². The van der Waals surface area contributed by atoms with E-state index in [2.05, 4.69) is 34.1 Å². The number of carbonyl (C=O) groups is 1. The van der Waals surface area contributed by atoms with Gasteiger partial charge in [0, 0.05) is 6.54 Å². The third kappa shape index (κ3) is 2.76. The smallest absolute Gasteiger partial charge is 0.221 e. The molecule has 7 heteroatoms. The van der Waals surface area contributed by atoms with Crippen LogP contribution in [0, 0.1) is 18.3 Å². The summed E-state index contributed by atoms with van der Waals surface area (Å²) in [5, 5.41) is 16.4. The predicted molar refractivity (Wildman–Crippen MR) is 89.5 cm³/mol. The monoisotopic (exact) mass is 323 g/mol. The Morgan fingerprint density at radius 1 is 1.39 bits per heavy atom. The van der Waals surface area contributed by atoms with Gasteiger partial charge in [0.05, 0.1) is 17.5 Å². The number of carbonyl (C=O) groups excluding carboxylic acids is 1. The Kier molecular flexibility index (Phi) is 4.00. The van der Waals surface area contributed by atoms with E-state index >= 15 is 0 Å². The van der Waals surface area contributed by atoms with Crippen LogP contribution < -0.4 is 5.32 Å². The van der Waals surface area contributed by atoms with E-state index in [1.165, 1.54) is 10.7 Å². The molecule has 3 aromatic rings. The van der Waals surface area contributed by atoms with Gasteiger partial charge in [-0.05, 0) is 12.5 Å². The number of anilines is 1. The summed E-state index contributed by atoms with van der Waals surface area (Å²) < 4.78 is 1.47. The molecule has 0 saturated carbocycles. The van der Waals surface area contributed by atoms with E-state index < -0.39 is 5.12 Å². The minimum Gasteiger partial charge on any atom is -0.365 e. The number of nitriles is 1. The normalized spacial score (nSPS) is 10.5. The summed E-state index contributed by atoms with van der Waals surface area (Å²) in [6.07, 6.45) is 1.41. The van der Waals surface area contributed by atoms with Crippen LogP contribution in [-0.2, 0) is 6.54 Å². The van der Waals surface area contributed by atoms with Crippen LogP contribution >= 0.6 is 12.6 Å². The molecule has 1 aromatic carbocycles. The lowest BCUT2D eigenvalue weighted by Crippen LogP contribution is -2.10. The molecule has 0 aliphatic rings. The highest BCUT2D eigenvalue weighted by atomic mass is 32.1. The number of benzene rings is 1. The second-order valence-electron chi connectivity index (χ2n) is 4.97. The zero-order valence-electron chi connectivity index (χ0n) is 12.3. The molecule has 114 valence electrons. The number of thiol groups is 1. The van der Waals surface area contributed by atoms with Crippen molar-refractivity contribution >= 4 is 29.2 Å². The highest BCUT2D eigenvalue weighted by Crippen LogP contribution is 2.22. The van der Waals surface area contributed by atoms with Crippen LogP contribution in [0.3, 0.4) is 0 Å². The topological polar surface area (TPSA) is 83.1 Å². The average Bonchev–Trinajstić information content (AvgIpc) is 2.96. The first-order chi connectivity index (χ1) is 11.1. The van der Waals surface area contributed by atoms with Gasteiger partial charge in [-0.1, -0.05) is 30.3 Å². The number of nitrogens with one attached hydrogen (secondary N) is 1. The fourth-order valence-corrected chi connectivity index (χ4v) is 2.49. The van der Waals surface area contributed by atoms with Crippen molar-refractivity contribution in [3.8, 4) is 6.07 Å². The minimum absolute atomic E-state index is 0.309. The molecule has 0 atom stereocenters. The van der Waals surface area contributed by atoms with Crippen molar-refractivity contribution in [3.63, 3.8) is 0 Å². The largest absolute Gasteiger partial charge is 0.365 e. The van der Waals surface area contributed by atoms with E-state index in [1.807, 2.05) is 30.3 Å². The molecule has 0 radical (unpaired) electrons. The third-order valence-electron chi connectivity index (χ3n) is 3.47. The minimum atomic E-state index is -0.411. The lowest BCUT2D eigenvalue weighted by molar-refractivity contribution is 0.109. The Hall–Kier alpha value is -2.85. The fraction of sp³-hybridized carbons (Fsp3) is 0.125. The van der Waals surface area contributed by atoms with Gasteiger partial charge in [0.25, 0.3) is 0 Å². The highest BCUT2D eigenvalue weighted by Gasteiger charge is 2.18. The molecule has 0 amide bonds. The lowest BCUT2D eigenvalue weighted by Gasteiger charge is -2.12. The van der Waals surface area contributed by atoms with Crippen LogP contribution in [-0.4, -0.2) is 19.7 Å². The maximum atomic E-state index is 11.6. The maximum Gasteiger partial charge on any atom is 0.221 e. The first-order valence-electron chi connectivity index (χ1n) is 6.91. The number of rotatable bonds is 4. The van der Waals surface area contributed by atoms with Crippen molar-refractivity contribution in [1.29, 1.82) is 5.26 Å². The molecule has 3 rings (SSSR count). The number of fused-ring (bicyclic) bond motifs is 1. The molecule has 0 saturated heterocycles. The van der Waals surface area contributed by atoms with E-state index in [9.17, 15) is 10.1 Å². The molecule has 6 nitrogen and oxygen atoms in total. The molecule has 1 N–H and O–H groups in total. The zero-order valence-corrected chi connectivity index (χ0v) is 13.2. The van der Waals surface area contributed by atoms with Gasteiger partial charge in [0.15, 0.2) is 5.65 Å². The van der Waals surface area contributed by atoms with Crippen molar-refractivity contribution in [3.05, 3.63) is 58.9 Å². The Labute approximate surface area is 138 Å². The summed E-state index contributed by atoms with van der Waals surface area (Å²) in [4.78, 5) is 15.9. The van der Waals surface area contributed by atoms with E-state index in [1.54, 1.807) is 6.92 Å². The molecular formula is C16H13N5OS. The summed E-state index contributed by atoms with van der Waals surface area (Å²) in [6, 6.07) is 11.9. The van der Waals surface area contributed by atoms with E-state index in [0.29, 0.717) is 34.8 Å². The highest BCUT2D eigenvalue weighted by molar-refractivity contribution is 7.97. The number of aromatic nitrogens is 3. The number of hydrogen-bond donors (Lipinski definition) is 2. The summed E-state index contributed by atoms with van der Waals surface area (Å²) in [7, 11) is 0. The number of hydrogen-bond acceptors (Lipinski definition) is 5.